The lowest BCUT2D eigenvalue weighted by molar-refractivity contribution is 0.0474. The Kier molecular flexibility index (Phi) is 6.23. The predicted octanol–water partition coefficient (Wildman–Crippen LogP) is 2.06. The molecule has 148 valence electrons. The minimum Gasteiger partial charge on any atom is -0.454 e. The first-order valence-corrected chi connectivity index (χ1v) is 10.3. The highest BCUT2D eigenvalue weighted by atomic mass is 32.2. The number of carbonyl (C=O) groups is 2. The molecule has 28 heavy (non-hydrogen) atoms. The number of morpholine rings is 1. The number of Topliss-reactive ketones (excluding diaryl/α,β-unsaturated/α-hetero) is 1. The highest BCUT2D eigenvalue weighted by molar-refractivity contribution is 7.89. The van der Waals surface area contributed by atoms with Gasteiger partial charge in [0.05, 0.1) is 23.7 Å². The lowest BCUT2D eigenvalue weighted by Gasteiger charge is -2.26. The third-order valence-electron chi connectivity index (χ3n) is 4.44. The van der Waals surface area contributed by atoms with Crippen LogP contribution in [0.25, 0.3) is 0 Å². The van der Waals surface area contributed by atoms with Crippen molar-refractivity contribution in [2.24, 2.45) is 0 Å². The van der Waals surface area contributed by atoms with Gasteiger partial charge in [0.15, 0.2) is 12.4 Å². The summed E-state index contributed by atoms with van der Waals surface area (Å²) in [6.07, 6.45) is 0. The molecule has 0 atom stereocenters. The molecule has 0 radical (unpaired) electrons. The average molecular weight is 403 g/mol. The Morgan fingerprint density at radius 3 is 2.39 bits per heavy atom. The second-order valence-corrected chi connectivity index (χ2v) is 8.27. The van der Waals surface area contributed by atoms with E-state index in [0.29, 0.717) is 24.3 Å². The van der Waals surface area contributed by atoms with Crippen LogP contribution in [-0.4, -0.2) is 57.4 Å². The molecule has 1 aliphatic heterocycles. The summed E-state index contributed by atoms with van der Waals surface area (Å²) in [7, 11) is -3.74. The van der Waals surface area contributed by atoms with Gasteiger partial charge in [-0.05, 0) is 24.6 Å². The van der Waals surface area contributed by atoms with Crippen molar-refractivity contribution >= 4 is 21.8 Å². The number of hydrogen-bond acceptors (Lipinski definition) is 6. The second-order valence-electron chi connectivity index (χ2n) is 6.36. The molecule has 1 aliphatic rings. The number of ketones is 1. The minimum atomic E-state index is -3.74. The van der Waals surface area contributed by atoms with Gasteiger partial charge in [0.1, 0.15) is 0 Å². The van der Waals surface area contributed by atoms with Crippen molar-refractivity contribution in [3.8, 4) is 0 Å². The molecule has 7 nitrogen and oxygen atoms in total. The summed E-state index contributed by atoms with van der Waals surface area (Å²) in [5.41, 5.74) is 1.05. The van der Waals surface area contributed by atoms with Crippen LogP contribution in [-0.2, 0) is 19.5 Å². The Morgan fingerprint density at radius 1 is 1.04 bits per heavy atom. The minimum absolute atomic E-state index is 0.0539. The van der Waals surface area contributed by atoms with Crippen molar-refractivity contribution in [3.63, 3.8) is 0 Å². The zero-order valence-electron chi connectivity index (χ0n) is 15.5. The topological polar surface area (TPSA) is 90.0 Å². The third-order valence-corrected chi connectivity index (χ3v) is 6.48. The van der Waals surface area contributed by atoms with Crippen molar-refractivity contribution in [2.75, 3.05) is 32.9 Å². The van der Waals surface area contributed by atoms with Crippen molar-refractivity contribution in [1.29, 1.82) is 0 Å². The number of carbonyl (C=O) groups excluding carboxylic acids is 2. The maximum atomic E-state index is 12.9. The van der Waals surface area contributed by atoms with Crippen LogP contribution in [0.1, 0.15) is 26.3 Å². The van der Waals surface area contributed by atoms with E-state index in [1.165, 1.54) is 16.4 Å². The summed E-state index contributed by atoms with van der Waals surface area (Å²) in [4.78, 5) is 24.5. The lowest BCUT2D eigenvalue weighted by atomic mass is 10.1. The normalized spacial score (nSPS) is 15.2. The van der Waals surface area contributed by atoms with Crippen LogP contribution in [0.3, 0.4) is 0 Å². The number of rotatable bonds is 6. The van der Waals surface area contributed by atoms with E-state index >= 15 is 0 Å². The van der Waals surface area contributed by atoms with Crippen LogP contribution >= 0.6 is 0 Å². The quantitative estimate of drug-likeness (QED) is 0.542. The molecule has 0 bridgehead atoms. The van der Waals surface area contributed by atoms with E-state index < -0.39 is 22.6 Å². The Labute approximate surface area is 163 Å². The molecule has 0 aromatic heterocycles. The fraction of sp³-hybridized carbons (Fsp3) is 0.300. The molecule has 0 N–H and O–H groups in total. The number of ether oxygens (including phenoxy) is 2. The number of esters is 1. The molecule has 0 unspecified atom stereocenters. The summed E-state index contributed by atoms with van der Waals surface area (Å²) in [5.74, 6) is -1.08. The largest absolute Gasteiger partial charge is 0.454 e. The van der Waals surface area contributed by atoms with Gasteiger partial charge >= 0.3 is 5.97 Å². The molecule has 8 heteroatoms. The number of nitrogens with zero attached hydrogens (tertiary/aromatic N) is 1. The monoisotopic (exact) mass is 403 g/mol. The molecule has 1 heterocycles. The van der Waals surface area contributed by atoms with Crippen LogP contribution in [0.15, 0.2) is 53.4 Å². The van der Waals surface area contributed by atoms with E-state index in [1.807, 2.05) is 0 Å². The standard InChI is InChI=1S/C20H21NO6S/c1-15-7-8-17(13-19(15)28(24,25)21-9-11-26-12-10-21)20(23)27-14-18(22)16-5-3-2-4-6-16/h2-8,13H,9-12,14H2,1H3. The highest BCUT2D eigenvalue weighted by Crippen LogP contribution is 2.22. The van der Waals surface area contributed by atoms with E-state index in [1.54, 1.807) is 43.3 Å². The van der Waals surface area contributed by atoms with Gasteiger partial charge in [0.2, 0.25) is 10.0 Å². The first kappa shape index (κ1) is 20.2. The Hall–Kier alpha value is -2.55. The van der Waals surface area contributed by atoms with Crippen LogP contribution in [0.2, 0.25) is 0 Å². The fourth-order valence-corrected chi connectivity index (χ4v) is 4.51. The SMILES string of the molecule is Cc1ccc(C(=O)OCC(=O)c2ccccc2)cc1S(=O)(=O)N1CCOCC1. The molecular weight excluding hydrogens is 382 g/mol. The molecule has 0 spiro atoms. The maximum Gasteiger partial charge on any atom is 0.338 e. The first-order chi connectivity index (χ1) is 13.4. The first-order valence-electron chi connectivity index (χ1n) is 8.83. The zero-order valence-corrected chi connectivity index (χ0v) is 16.3. The summed E-state index contributed by atoms with van der Waals surface area (Å²) < 4.78 is 37.4. The fourth-order valence-electron chi connectivity index (χ4n) is 2.85. The molecule has 2 aromatic rings. The molecule has 0 amide bonds. The molecule has 3 rings (SSSR count). The Morgan fingerprint density at radius 2 is 1.71 bits per heavy atom. The van der Waals surface area contributed by atoms with E-state index in [0.717, 1.165) is 0 Å². The van der Waals surface area contributed by atoms with E-state index in [2.05, 4.69) is 0 Å². The maximum absolute atomic E-state index is 12.9. The number of sulfonamides is 1. The molecule has 2 aromatic carbocycles. The van der Waals surface area contributed by atoms with Crippen LogP contribution < -0.4 is 0 Å². The van der Waals surface area contributed by atoms with Crippen molar-refractivity contribution < 1.29 is 27.5 Å². The number of aryl methyl sites for hydroxylation is 1. The summed E-state index contributed by atoms with van der Waals surface area (Å²) in [6, 6.07) is 12.8. The van der Waals surface area contributed by atoms with Gasteiger partial charge in [-0.25, -0.2) is 13.2 Å². The van der Waals surface area contributed by atoms with Crippen LogP contribution in [0, 0.1) is 6.92 Å². The molecule has 0 saturated carbocycles. The van der Waals surface area contributed by atoms with Gasteiger partial charge < -0.3 is 9.47 Å². The second kappa shape index (κ2) is 8.64. The van der Waals surface area contributed by atoms with Crippen molar-refractivity contribution in [1.82, 2.24) is 4.31 Å². The number of hydrogen-bond donors (Lipinski definition) is 0. The number of benzene rings is 2. The van der Waals surface area contributed by atoms with Crippen LogP contribution in [0.5, 0.6) is 0 Å². The predicted molar refractivity (Wildman–Crippen MR) is 102 cm³/mol. The van der Waals surface area contributed by atoms with Crippen molar-refractivity contribution in [3.05, 3.63) is 65.2 Å². The molecule has 1 saturated heterocycles. The van der Waals surface area contributed by atoms with Gasteiger partial charge in [-0.3, -0.25) is 4.79 Å². The average Bonchev–Trinajstić information content (AvgIpc) is 2.73. The zero-order chi connectivity index (χ0) is 20.1. The summed E-state index contributed by atoms with van der Waals surface area (Å²) in [5, 5.41) is 0. The Balaban J connectivity index is 1.75. The highest BCUT2D eigenvalue weighted by Gasteiger charge is 2.28. The molecule has 0 aliphatic carbocycles. The van der Waals surface area contributed by atoms with E-state index in [-0.39, 0.29) is 29.3 Å². The summed E-state index contributed by atoms with van der Waals surface area (Å²) in [6.45, 7) is 2.46. The smallest absolute Gasteiger partial charge is 0.338 e. The van der Waals surface area contributed by atoms with Crippen molar-refractivity contribution in [2.45, 2.75) is 11.8 Å². The van der Waals surface area contributed by atoms with Crippen LogP contribution in [0.4, 0.5) is 0 Å². The van der Waals surface area contributed by atoms with Gasteiger partial charge in [0, 0.05) is 18.7 Å². The van der Waals surface area contributed by atoms with Gasteiger partial charge in [-0.15, -0.1) is 0 Å². The molecule has 1 fully saturated rings. The van der Waals surface area contributed by atoms with Gasteiger partial charge in [-0.2, -0.15) is 4.31 Å². The lowest BCUT2D eigenvalue weighted by Crippen LogP contribution is -2.40. The van der Waals surface area contributed by atoms with Gasteiger partial charge in [0.25, 0.3) is 0 Å². The Bertz CT molecular complexity index is 965. The molecular formula is C20H21NO6S. The van der Waals surface area contributed by atoms with Gasteiger partial charge in [-0.1, -0.05) is 36.4 Å². The third kappa shape index (κ3) is 4.46. The van der Waals surface area contributed by atoms with E-state index in [4.69, 9.17) is 9.47 Å². The summed E-state index contributed by atoms with van der Waals surface area (Å²) >= 11 is 0. The van der Waals surface area contributed by atoms with E-state index in [9.17, 15) is 18.0 Å².